The maximum absolute atomic E-state index is 5.12. The van der Waals surface area contributed by atoms with E-state index in [0.717, 1.165) is 0 Å². The number of aryl methyl sites for hydroxylation is 2. The van der Waals surface area contributed by atoms with Gasteiger partial charge in [-0.15, -0.1) is 11.3 Å². The Labute approximate surface area is 132 Å². The van der Waals surface area contributed by atoms with Gasteiger partial charge in [0, 0.05) is 23.5 Å². The summed E-state index contributed by atoms with van der Waals surface area (Å²) < 4.78 is 0. The molecule has 2 aliphatic heterocycles. The van der Waals surface area contributed by atoms with Crippen LogP contribution in [0, 0.1) is 0 Å². The van der Waals surface area contributed by atoms with Crippen molar-refractivity contribution in [2.24, 2.45) is 0 Å². The largest absolute Gasteiger partial charge is 0.302 e. The van der Waals surface area contributed by atoms with Crippen LogP contribution >= 0.6 is 11.3 Å². The van der Waals surface area contributed by atoms with Gasteiger partial charge in [0.05, 0.1) is 11.2 Å². The van der Waals surface area contributed by atoms with E-state index in [4.69, 9.17) is 4.98 Å². The molecule has 21 heavy (non-hydrogen) atoms. The number of nitrogens with one attached hydrogen (secondary N) is 1. The number of nitrogens with zero attached hydrogens (tertiary/aromatic N) is 2. The first-order valence-electron chi connectivity index (χ1n) is 8.70. The summed E-state index contributed by atoms with van der Waals surface area (Å²) in [5.74, 6) is 0. The Morgan fingerprint density at radius 3 is 2.95 bits per heavy atom. The molecule has 0 radical (unpaired) electrons. The summed E-state index contributed by atoms with van der Waals surface area (Å²) in [6.07, 6.45) is 9.12. The second-order valence-corrected chi connectivity index (χ2v) is 8.39. The molecule has 1 aromatic heterocycles. The van der Waals surface area contributed by atoms with Crippen molar-refractivity contribution in [3.8, 4) is 0 Å². The summed E-state index contributed by atoms with van der Waals surface area (Å²) in [5, 5.41) is 5.36. The normalized spacial score (nSPS) is 32.6. The van der Waals surface area contributed by atoms with Crippen LogP contribution in [0.5, 0.6) is 0 Å². The van der Waals surface area contributed by atoms with Crippen molar-refractivity contribution < 1.29 is 0 Å². The number of thiazole rings is 1. The van der Waals surface area contributed by atoms with Gasteiger partial charge >= 0.3 is 0 Å². The lowest BCUT2D eigenvalue weighted by molar-refractivity contribution is 0.130. The van der Waals surface area contributed by atoms with Gasteiger partial charge in [-0.3, -0.25) is 4.90 Å². The van der Waals surface area contributed by atoms with Crippen LogP contribution in [0.15, 0.2) is 0 Å². The second kappa shape index (κ2) is 5.32. The van der Waals surface area contributed by atoms with Crippen molar-refractivity contribution >= 4 is 11.3 Å². The van der Waals surface area contributed by atoms with Gasteiger partial charge in [0.25, 0.3) is 0 Å². The molecule has 1 N–H and O–H groups in total. The predicted octanol–water partition coefficient (Wildman–Crippen LogP) is 3.08. The topological polar surface area (TPSA) is 28.2 Å². The molecule has 0 amide bonds. The minimum Gasteiger partial charge on any atom is -0.302 e. The van der Waals surface area contributed by atoms with Gasteiger partial charge in [0.1, 0.15) is 5.01 Å². The molecule has 2 atom stereocenters. The Kier molecular flexibility index (Phi) is 3.59. The Morgan fingerprint density at radius 2 is 2.14 bits per heavy atom. The molecule has 2 saturated heterocycles. The van der Waals surface area contributed by atoms with Gasteiger partial charge in [-0.05, 0) is 58.9 Å². The van der Waals surface area contributed by atoms with Crippen LogP contribution in [0.2, 0.25) is 0 Å². The lowest BCUT2D eigenvalue weighted by Crippen LogP contribution is -2.55. The third-order valence-electron chi connectivity index (χ3n) is 5.50. The number of rotatable bonds is 3. The molecule has 4 heteroatoms. The highest BCUT2D eigenvalue weighted by molar-refractivity contribution is 7.12. The van der Waals surface area contributed by atoms with E-state index in [1.165, 1.54) is 68.7 Å². The standard InChI is InChI=1S/C17H27N3S/c1-12(2)19-17(9-11-20-10-4-3-8-15(17)20)16-18-13-6-5-7-14(13)21-16/h12,15,19H,3-11H2,1-2H3. The summed E-state index contributed by atoms with van der Waals surface area (Å²) in [5.41, 5.74) is 1.54. The third kappa shape index (κ3) is 2.27. The monoisotopic (exact) mass is 305 g/mol. The second-order valence-electron chi connectivity index (χ2n) is 7.31. The molecule has 0 spiro atoms. The molecule has 4 rings (SSSR count). The van der Waals surface area contributed by atoms with Crippen molar-refractivity contribution in [1.29, 1.82) is 0 Å². The molecule has 2 unspecified atom stereocenters. The summed E-state index contributed by atoms with van der Waals surface area (Å²) in [4.78, 5) is 9.42. The fourth-order valence-electron chi connectivity index (χ4n) is 4.68. The molecule has 116 valence electrons. The summed E-state index contributed by atoms with van der Waals surface area (Å²) in [6.45, 7) is 7.11. The van der Waals surface area contributed by atoms with Crippen LogP contribution in [0.25, 0.3) is 0 Å². The average molecular weight is 305 g/mol. The van der Waals surface area contributed by atoms with E-state index in [9.17, 15) is 0 Å². The van der Waals surface area contributed by atoms with Gasteiger partial charge in [0.15, 0.2) is 0 Å². The Hall–Kier alpha value is -0.450. The van der Waals surface area contributed by atoms with Crippen LogP contribution in [0.3, 0.4) is 0 Å². The Bertz CT molecular complexity index is 503. The van der Waals surface area contributed by atoms with E-state index >= 15 is 0 Å². The van der Waals surface area contributed by atoms with Crippen molar-refractivity contribution in [3.63, 3.8) is 0 Å². The zero-order valence-corrected chi connectivity index (χ0v) is 14.1. The first-order chi connectivity index (χ1) is 10.2. The van der Waals surface area contributed by atoms with E-state index in [-0.39, 0.29) is 5.54 Å². The van der Waals surface area contributed by atoms with Gasteiger partial charge in [-0.1, -0.05) is 6.42 Å². The minimum atomic E-state index is 0.129. The van der Waals surface area contributed by atoms with Crippen LogP contribution < -0.4 is 5.32 Å². The third-order valence-corrected chi connectivity index (χ3v) is 6.83. The van der Waals surface area contributed by atoms with Crippen LogP contribution in [0.4, 0.5) is 0 Å². The molecule has 1 aromatic rings. The molecule has 1 aliphatic carbocycles. The highest BCUT2D eigenvalue weighted by atomic mass is 32.1. The zero-order chi connectivity index (χ0) is 14.4. The summed E-state index contributed by atoms with van der Waals surface area (Å²) in [6, 6.07) is 1.19. The van der Waals surface area contributed by atoms with Crippen molar-refractivity contribution in [1.82, 2.24) is 15.2 Å². The number of hydrogen-bond donors (Lipinski definition) is 1. The van der Waals surface area contributed by atoms with E-state index in [2.05, 4.69) is 24.1 Å². The minimum absolute atomic E-state index is 0.129. The van der Waals surface area contributed by atoms with E-state index < -0.39 is 0 Å². The Morgan fingerprint density at radius 1 is 1.24 bits per heavy atom. The first kappa shape index (κ1) is 14.2. The molecule has 0 aromatic carbocycles. The quantitative estimate of drug-likeness (QED) is 0.930. The smallest absolute Gasteiger partial charge is 0.115 e. The predicted molar refractivity (Wildman–Crippen MR) is 87.9 cm³/mol. The average Bonchev–Trinajstić information content (AvgIpc) is 3.11. The molecule has 0 saturated carbocycles. The zero-order valence-electron chi connectivity index (χ0n) is 13.3. The van der Waals surface area contributed by atoms with E-state index in [1.54, 1.807) is 4.88 Å². The lowest BCUT2D eigenvalue weighted by atomic mass is 9.85. The van der Waals surface area contributed by atoms with E-state index in [1.807, 2.05) is 11.3 Å². The molecule has 3 heterocycles. The maximum Gasteiger partial charge on any atom is 0.115 e. The van der Waals surface area contributed by atoms with Crippen LogP contribution in [-0.4, -0.2) is 35.1 Å². The van der Waals surface area contributed by atoms with E-state index in [0.29, 0.717) is 12.1 Å². The summed E-state index contributed by atoms with van der Waals surface area (Å²) >= 11 is 2.02. The maximum atomic E-state index is 5.12. The molecule has 3 aliphatic rings. The fraction of sp³-hybridized carbons (Fsp3) is 0.824. The number of hydrogen-bond acceptors (Lipinski definition) is 4. The van der Waals surface area contributed by atoms with Gasteiger partial charge in [-0.25, -0.2) is 4.98 Å². The first-order valence-corrected chi connectivity index (χ1v) is 9.51. The SMILES string of the molecule is CC(C)NC1(c2nc3c(s2)CCC3)CCN2CCCCC21. The van der Waals surface area contributed by atoms with Gasteiger partial charge in [-0.2, -0.15) is 0 Å². The van der Waals surface area contributed by atoms with Crippen molar-refractivity contribution in [3.05, 3.63) is 15.6 Å². The number of piperidine rings is 1. The molecule has 2 fully saturated rings. The molecule has 0 bridgehead atoms. The van der Waals surface area contributed by atoms with Gasteiger partial charge < -0.3 is 5.32 Å². The number of fused-ring (bicyclic) bond motifs is 2. The highest BCUT2D eigenvalue weighted by Crippen LogP contribution is 2.45. The fourth-order valence-corrected chi connectivity index (χ4v) is 6.06. The van der Waals surface area contributed by atoms with Gasteiger partial charge in [0.2, 0.25) is 0 Å². The van der Waals surface area contributed by atoms with Crippen LogP contribution in [0.1, 0.15) is 61.5 Å². The Balaban J connectivity index is 1.73. The highest BCUT2D eigenvalue weighted by Gasteiger charge is 2.51. The summed E-state index contributed by atoms with van der Waals surface area (Å²) in [7, 11) is 0. The molecule has 3 nitrogen and oxygen atoms in total. The molecular weight excluding hydrogens is 278 g/mol. The van der Waals surface area contributed by atoms with Crippen molar-refractivity contribution in [2.45, 2.75) is 76.4 Å². The lowest BCUT2D eigenvalue weighted by Gasteiger charge is -2.41. The van der Waals surface area contributed by atoms with Crippen molar-refractivity contribution in [2.75, 3.05) is 13.1 Å². The molecular formula is C17H27N3S. The number of aromatic nitrogens is 1. The van der Waals surface area contributed by atoms with Crippen LogP contribution in [-0.2, 0) is 18.4 Å².